The quantitative estimate of drug-likeness (QED) is 0.886. The number of anilines is 1. The molecule has 0 spiro atoms. The van der Waals surface area contributed by atoms with Gasteiger partial charge in [0.2, 0.25) is 0 Å². The van der Waals surface area contributed by atoms with E-state index in [4.69, 9.17) is 4.74 Å². The molecule has 2 atom stereocenters. The van der Waals surface area contributed by atoms with Gasteiger partial charge >= 0.3 is 5.97 Å². The van der Waals surface area contributed by atoms with E-state index in [-0.39, 0.29) is 11.5 Å². The second-order valence-electron chi connectivity index (χ2n) is 5.42. The Balaban J connectivity index is 2.22. The number of carbonyl (C=O) groups is 1. The average molecular weight is 299 g/mol. The van der Waals surface area contributed by atoms with Crippen molar-refractivity contribution in [1.29, 1.82) is 0 Å². The van der Waals surface area contributed by atoms with Gasteiger partial charge in [0.25, 0.3) is 0 Å². The lowest BCUT2D eigenvalue weighted by molar-refractivity contribution is 0.0697. The van der Waals surface area contributed by atoms with Crippen molar-refractivity contribution >= 4 is 22.4 Å². The summed E-state index contributed by atoms with van der Waals surface area (Å²) in [5.41, 5.74) is 0.515. The van der Waals surface area contributed by atoms with Crippen LogP contribution in [-0.4, -0.2) is 61.3 Å². The van der Waals surface area contributed by atoms with E-state index in [1.165, 1.54) is 11.3 Å². The summed E-state index contributed by atoms with van der Waals surface area (Å²) >= 11 is 1.24. The molecule has 2 heterocycles. The van der Waals surface area contributed by atoms with Crippen LogP contribution in [0.4, 0.5) is 5.13 Å². The van der Waals surface area contributed by atoms with Gasteiger partial charge < -0.3 is 19.6 Å². The molecule has 0 saturated carbocycles. The summed E-state index contributed by atoms with van der Waals surface area (Å²) in [5, 5.41) is 10.0. The number of aromatic carboxylic acids is 1. The molecule has 0 aliphatic carbocycles. The fourth-order valence-electron chi connectivity index (χ4n) is 2.65. The second-order valence-corrected chi connectivity index (χ2v) is 6.40. The Morgan fingerprint density at radius 2 is 2.25 bits per heavy atom. The first kappa shape index (κ1) is 15.2. The van der Waals surface area contributed by atoms with Crippen LogP contribution in [0.5, 0.6) is 0 Å². The number of likely N-dealkylation sites (N-methyl/N-ethyl adjacent to an activating group) is 1. The van der Waals surface area contributed by atoms with Crippen molar-refractivity contribution in [2.75, 3.05) is 39.2 Å². The van der Waals surface area contributed by atoms with Crippen LogP contribution in [0, 0.1) is 5.92 Å². The third-order valence-corrected chi connectivity index (χ3v) is 4.81. The molecule has 1 saturated heterocycles. The number of methoxy groups -OCH3 is 1. The fourth-order valence-corrected chi connectivity index (χ4v) is 3.58. The highest BCUT2D eigenvalue weighted by Gasteiger charge is 2.33. The number of nitrogens with zero attached hydrogens (tertiary/aromatic N) is 3. The molecule has 7 heteroatoms. The zero-order valence-corrected chi connectivity index (χ0v) is 13.1. The van der Waals surface area contributed by atoms with E-state index < -0.39 is 5.97 Å². The lowest BCUT2D eigenvalue weighted by Crippen LogP contribution is -2.34. The molecule has 112 valence electrons. The lowest BCUT2D eigenvalue weighted by Gasteiger charge is -2.22. The van der Waals surface area contributed by atoms with Crippen LogP contribution in [0.3, 0.4) is 0 Å². The van der Waals surface area contributed by atoms with Gasteiger partial charge in [-0.3, -0.25) is 0 Å². The van der Waals surface area contributed by atoms with E-state index in [9.17, 15) is 9.90 Å². The lowest BCUT2D eigenvalue weighted by atomic mass is 10.1. The van der Waals surface area contributed by atoms with Gasteiger partial charge in [0.15, 0.2) is 5.13 Å². The van der Waals surface area contributed by atoms with Crippen molar-refractivity contribution in [1.82, 2.24) is 9.88 Å². The number of carboxylic acids is 1. The maximum atomic E-state index is 11.2. The molecule has 1 aliphatic heterocycles. The van der Waals surface area contributed by atoms with Gasteiger partial charge in [-0.2, -0.15) is 0 Å². The van der Waals surface area contributed by atoms with Gasteiger partial charge in [0.05, 0.1) is 12.3 Å². The largest absolute Gasteiger partial charge is 0.477 e. The molecular weight excluding hydrogens is 278 g/mol. The molecule has 0 radical (unpaired) electrons. The van der Waals surface area contributed by atoms with Crippen LogP contribution in [-0.2, 0) is 11.3 Å². The summed E-state index contributed by atoms with van der Waals surface area (Å²) in [5.74, 6) is -0.398. The Bertz CT molecular complexity index is 489. The predicted octanol–water partition coefficient (Wildman–Crippen LogP) is 1.37. The third kappa shape index (κ3) is 2.94. The number of carboxylic acid groups (broad SMARTS) is 1. The molecule has 0 bridgehead atoms. The minimum atomic E-state index is -0.933. The summed E-state index contributed by atoms with van der Waals surface area (Å²) < 4.78 is 5.03. The minimum Gasteiger partial charge on any atom is -0.477 e. The van der Waals surface area contributed by atoms with Crippen molar-refractivity contribution < 1.29 is 14.6 Å². The third-order valence-electron chi connectivity index (χ3n) is 3.67. The van der Waals surface area contributed by atoms with Crippen LogP contribution in [0.2, 0.25) is 0 Å². The molecule has 1 aromatic rings. The van der Waals surface area contributed by atoms with Crippen molar-refractivity contribution in [2.24, 2.45) is 5.92 Å². The van der Waals surface area contributed by atoms with E-state index in [0.29, 0.717) is 17.7 Å². The van der Waals surface area contributed by atoms with E-state index in [2.05, 4.69) is 35.8 Å². The van der Waals surface area contributed by atoms with Gasteiger partial charge in [-0.05, 0) is 20.0 Å². The van der Waals surface area contributed by atoms with Gasteiger partial charge in [0.1, 0.15) is 4.88 Å². The number of aromatic nitrogens is 1. The Kier molecular flexibility index (Phi) is 4.62. The maximum absolute atomic E-state index is 11.2. The summed E-state index contributed by atoms with van der Waals surface area (Å²) in [6.45, 7) is 4.24. The molecule has 0 amide bonds. The monoisotopic (exact) mass is 299 g/mol. The summed E-state index contributed by atoms with van der Waals surface area (Å²) in [6, 6.07) is 0.470. The Morgan fingerprint density at radius 3 is 2.75 bits per heavy atom. The molecule has 1 aliphatic rings. The van der Waals surface area contributed by atoms with Crippen LogP contribution < -0.4 is 4.90 Å². The summed E-state index contributed by atoms with van der Waals surface area (Å²) in [4.78, 5) is 20.4. The van der Waals surface area contributed by atoms with Crippen LogP contribution in [0.1, 0.15) is 22.3 Å². The number of thiazole rings is 1. The van der Waals surface area contributed by atoms with Crippen molar-refractivity contribution in [3.05, 3.63) is 10.6 Å². The Hall–Kier alpha value is -1.18. The first-order valence-electron chi connectivity index (χ1n) is 6.57. The van der Waals surface area contributed by atoms with Crippen molar-refractivity contribution in [3.8, 4) is 0 Å². The highest BCUT2D eigenvalue weighted by atomic mass is 32.1. The SMILES string of the molecule is COCc1nc(N2CC(C)C(N(C)C)C2)sc1C(=O)O. The van der Waals surface area contributed by atoms with Crippen molar-refractivity contribution in [2.45, 2.75) is 19.6 Å². The average Bonchev–Trinajstić information content (AvgIpc) is 2.93. The molecule has 1 fully saturated rings. The minimum absolute atomic E-state index is 0.235. The summed E-state index contributed by atoms with van der Waals surface area (Å²) in [6.07, 6.45) is 0. The van der Waals surface area contributed by atoms with Gasteiger partial charge in [-0.15, -0.1) is 0 Å². The van der Waals surface area contributed by atoms with Gasteiger partial charge in [0, 0.05) is 26.2 Å². The Labute approximate surface area is 123 Å². The summed E-state index contributed by atoms with van der Waals surface area (Å²) in [7, 11) is 5.70. The van der Waals surface area contributed by atoms with E-state index >= 15 is 0 Å². The maximum Gasteiger partial charge on any atom is 0.347 e. The van der Waals surface area contributed by atoms with Crippen LogP contribution >= 0.6 is 11.3 Å². The number of hydrogen-bond acceptors (Lipinski definition) is 6. The molecule has 2 rings (SSSR count). The highest BCUT2D eigenvalue weighted by Crippen LogP contribution is 2.32. The van der Waals surface area contributed by atoms with E-state index in [1.54, 1.807) is 7.11 Å². The fraction of sp³-hybridized carbons (Fsp3) is 0.692. The number of hydrogen-bond donors (Lipinski definition) is 1. The standard InChI is InChI=1S/C13H21N3O3S/c1-8-5-16(6-10(8)15(2)3)13-14-9(7-19-4)11(20-13)12(17)18/h8,10H,5-7H2,1-4H3,(H,17,18). The Morgan fingerprint density at radius 1 is 1.55 bits per heavy atom. The topological polar surface area (TPSA) is 65.9 Å². The van der Waals surface area contributed by atoms with Crippen LogP contribution in [0.25, 0.3) is 0 Å². The zero-order chi connectivity index (χ0) is 14.9. The molecule has 2 unspecified atom stereocenters. The molecule has 20 heavy (non-hydrogen) atoms. The van der Waals surface area contributed by atoms with Gasteiger partial charge in [-0.25, -0.2) is 9.78 Å². The number of ether oxygens (including phenoxy) is 1. The first-order valence-corrected chi connectivity index (χ1v) is 7.39. The molecule has 0 aromatic carbocycles. The first-order chi connectivity index (χ1) is 9.43. The molecule has 1 N–H and O–H groups in total. The van der Waals surface area contributed by atoms with Gasteiger partial charge in [-0.1, -0.05) is 18.3 Å². The molecule has 1 aromatic heterocycles. The smallest absolute Gasteiger partial charge is 0.347 e. The second kappa shape index (κ2) is 6.07. The van der Waals surface area contributed by atoms with Crippen LogP contribution in [0.15, 0.2) is 0 Å². The normalized spacial score (nSPS) is 22.8. The van der Waals surface area contributed by atoms with E-state index in [0.717, 1.165) is 18.2 Å². The molecule has 6 nitrogen and oxygen atoms in total. The number of rotatable bonds is 5. The molecular formula is C13H21N3O3S. The van der Waals surface area contributed by atoms with E-state index in [1.807, 2.05) is 0 Å². The predicted molar refractivity (Wildman–Crippen MR) is 78.6 cm³/mol. The zero-order valence-electron chi connectivity index (χ0n) is 12.3. The van der Waals surface area contributed by atoms with Crippen molar-refractivity contribution in [3.63, 3.8) is 0 Å². The highest BCUT2D eigenvalue weighted by molar-refractivity contribution is 7.17.